The summed E-state index contributed by atoms with van der Waals surface area (Å²) in [5.74, 6) is 0.315. The Hall–Kier alpha value is -1.08. The molecule has 0 aromatic heterocycles. The minimum atomic E-state index is 0.141. The second kappa shape index (κ2) is 3.35. The van der Waals surface area contributed by atoms with E-state index in [0.717, 1.165) is 25.9 Å². The summed E-state index contributed by atoms with van der Waals surface area (Å²) in [5.41, 5.74) is 0. The molecule has 0 aromatic carbocycles. The second-order valence-electron chi connectivity index (χ2n) is 3.69. The lowest BCUT2D eigenvalue weighted by atomic mass is 9.91. The van der Waals surface area contributed by atoms with Crippen LogP contribution in [0.25, 0.3) is 0 Å². The molecule has 2 saturated heterocycles. The van der Waals surface area contributed by atoms with E-state index in [2.05, 4.69) is 16.3 Å². The lowest BCUT2D eigenvalue weighted by Gasteiger charge is -2.33. The van der Waals surface area contributed by atoms with E-state index in [9.17, 15) is 4.79 Å². The van der Waals surface area contributed by atoms with Gasteiger partial charge in [-0.15, -0.1) is 0 Å². The predicted octanol–water partition coefficient (Wildman–Crippen LogP) is -0.280. The van der Waals surface area contributed by atoms with Crippen LogP contribution in [0.4, 0.5) is 0 Å². The average Bonchev–Trinajstić information content (AvgIpc) is 2.50. The van der Waals surface area contributed by atoms with Gasteiger partial charge in [-0.2, -0.15) is 5.26 Å². The minimum Gasteiger partial charge on any atom is -0.354 e. The van der Waals surface area contributed by atoms with Gasteiger partial charge in [-0.25, -0.2) is 0 Å². The van der Waals surface area contributed by atoms with Crippen LogP contribution in [0.3, 0.4) is 0 Å². The number of fused-ring (bicyclic) bond motifs is 1. The lowest BCUT2D eigenvalue weighted by molar-refractivity contribution is -0.124. The van der Waals surface area contributed by atoms with Crippen LogP contribution in [0.1, 0.15) is 12.8 Å². The molecule has 70 valence electrons. The summed E-state index contributed by atoms with van der Waals surface area (Å²) < 4.78 is 0. The number of hydrogen-bond donors (Lipinski definition) is 1. The van der Waals surface area contributed by atoms with Crippen LogP contribution in [0.15, 0.2) is 0 Å². The first kappa shape index (κ1) is 8.52. The zero-order valence-corrected chi connectivity index (χ0v) is 7.49. The molecule has 2 heterocycles. The first-order valence-corrected chi connectivity index (χ1v) is 4.71. The largest absolute Gasteiger partial charge is 0.354 e. The molecule has 0 aromatic rings. The molecule has 1 amide bonds. The molecule has 0 radical (unpaired) electrons. The smallest absolute Gasteiger partial charge is 0.224 e. The van der Waals surface area contributed by atoms with Crippen molar-refractivity contribution < 1.29 is 4.79 Å². The van der Waals surface area contributed by atoms with Gasteiger partial charge in [-0.3, -0.25) is 9.69 Å². The van der Waals surface area contributed by atoms with E-state index in [4.69, 9.17) is 5.26 Å². The number of carbonyl (C=O) groups is 1. The highest BCUT2D eigenvalue weighted by molar-refractivity contribution is 5.82. The molecule has 2 fully saturated rings. The van der Waals surface area contributed by atoms with Gasteiger partial charge in [0.2, 0.25) is 5.91 Å². The number of rotatable bonds is 1. The van der Waals surface area contributed by atoms with Crippen molar-refractivity contribution >= 4 is 5.91 Å². The number of amides is 1. The zero-order valence-electron chi connectivity index (χ0n) is 7.49. The third kappa shape index (κ3) is 1.40. The van der Waals surface area contributed by atoms with Crippen molar-refractivity contribution in [1.29, 1.82) is 5.26 Å². The van der Waals surface area contributed by atoms with E-state index in [1.807, 2.05) is 0 Å². The molecule has 0 spiro atoms. The zero-order chi connectivity index (χ0) is 9.26. The molecule has 2 aliphatic heterocycles. The molecule has 1 N–H and O–H groups in total. The van der Waals surface area contributed by atoms with Crippen molar-refractivity contribution in [2.45, 2.75) is 18.9 Å². The minimum absolute atomic E-state index is 0.141. The molecule has 2 atom stereocenters. The maximum atomic E-state index is 11.3. The van der Waals surface area contributed by atoms with Gasteiger partial charge in [0.25, 0.3) is 0 Å². The van der Waals surface area contributed by atoms with Gasteiger partial charge >= 0.3 is 0 Å². The molecular formula is C9H13N3O. The van der Waals surface area contributed by atoms with Crippen molar-refractivity contribution in [2.75, 3.05) is 19.6 Å². The van der Waals surface area contributed by atoms with Crippen molar-refractivity contribution in [1.82, 2.24) is 10.2 Å². The van der Waals surface area contributed by atoms with Gasteiger partial charge in [-0.1, -0.05) is 0 Å². The van der Waals surface area contributed by atoms with Crippen LogP contribution in [0.2, 0.25) is 0 Å². The third-order valence-electron chi connectivity index (χ3n) is 2.99. The highest BCUT2D eigenvalue weighted by Crippen LogP contribution is 2.26. The van der Waals surface area contributed by atoms with Gasteiger partial charge < -0.3 is 5.32 Å². The van der Waals surface area contributed by atoms with E-state index in [-0.39, 0.29) is 17.9 Å². The summed E-state index contributed by atoms with van der Waals surface area (Å²) in [6.07, 6.45) is 2.02. The molecule has 0 unspecified atom stereocenters. The summed E-state index contributed by atoms with van der Waals surface area (Å²) in [6.45, 7) is 2.14. The number of hydrogen-bond acceptors (Lipinski definition) is 3. The van der Waals surface area contributed by atoms with Crippen molar-refractivity contribution in [2.24, 2.45) is 5.92 Å². The highest BCUT2D eigenvalue weighted by atomic mass is 16.2. The quantitative estimate of drug-likeness (QED) is 0.563. The SMILES string of the molecule is N#CCN1CCC[C@H]2C(=O)NC[C@H]21. The Bertz CT molecular complexity index is 258. The summed E-state index contributed by atoms with van der Waals surface area (Å²) in [6, 6.07) is 2.43. The van der Waals surface area contributed by atoms with Crippen LogP contribution in [-0.4, -0.2) is 36.5 Å². The molecule has 4 nitrogen and oxygen atoms in total. The van der Waals surface area contributed by atoms with Crippen LogP contribution >= 0.6 is 0 Å². The van der Waals surface area contributed by atoms with Gasteiger partial charge in [0, 0.05) is 12.6 Å². The monoisotopic (exact) mass is 179 g/mol. The van der Waals surface area contributed by atoms with Crippen molar-refractivity contribution in [3.05, 3.63) is 0 Å². The molecular weight excluding hydrogens is 166 g/mol. The fourth-order valence-corrected chi connectivity index (χ4v) is 2.33. The number of piperidine rings is 1. The lowest BCUT2D eigenvalue weighted by Crippen LogP contribution is -2.45. The maximum absolute atomic E-state index is 11.3. The predicted molar refractivity (Wildman–Crippen MR) is 46.7 cm³/mol. The van der Waals surface area contributed by atoms with Crippen LogP contribution in [0, 0.1) is 17.2 Å². The third-order valence-corrected chi connectivity index (χ3v) is 2.99. The molecule has 13 heavy (non-hydrogen) atoms. The second-order valence-corrected chi connectivity index (χ2v) is 3.69. The topological polar surface area (TPSA) is 56.1 Å². The van der Waals surface area contributed by atoms with E-state index >= 15 is 0 Å². The Morgan fingerprint density at radius 3 is 3.31 bits per heavy atom. The average molecular weight is 179 g/mol. The van der Waals surface area contributed by atoms with E-state index in [1.165, 1.54) is 0 Å². The Kier molecular flexibility index (Phi) is 2.19. The first-order chi connectivity index (χ1) is 6.33. The molecule has 4 heteroatoms. The van der Waals surface area contributed by atoms with Crippen molar-refractivity contribution in [3.63, 3.8) is 0 Å². The number of nitrogens with zero attached hydrogens (tertiary/aromatic N) is 2. The highest BCUT2D eigenvalue weighted by Gasteiger charge is 2.40. The number of carbonyl (C=O) groups excluding carboxylic acids is 1. The first-order valence-electron chi connectivity index (χ1n) is 4.71. The fraction of sp³-hybridized carbons (Fsp3) is 0.778. The Balaban J connectivity index is 2.08. The van der Waals surface area contributed by atoms with Crippen molar-refractivity contribution in [3.8, 4) is 6.07 Å². The summed E-state index contributed by atoms with van der Waals surface area (Å²) in [4.78, 5) is 13.5. The van der Waals surface area contributed by atoms with Crippen LogP contribution in [-0.2, 0) is 4.79 Å². The molecule has 2 aliphatic rings. The Morgan fingerprint density at radius 1 is 1.69 bits per heavy atom. The normalized spacial score (nSPS) is 33.6. The van der Waals surface area contributed by atoms with E-state index < -0.39 is 0 Å². The Morgan fingerprint density at radius 2 is 2.54 bits per heavy atom. The number of nitriles is 1. The summed E-state index contributed by atoms with van der Waals surface area (Å²) in [5, 5.41) is 11.5. The fourth-order valence-electron chi connectivity index (χ4n) is 2.33. The maximum Gasteiger partial charge on any atom is 0.224 e. The number of likely N-dealkylation sites (tertiary alicyclic amines) is 1. The van der Waals surface area contributed by atoms with Crippen LogP contribution in [0.5, 0.6) is 0 Å². The van der Waals surface area contributed by atoms with Gasteiger partial charge in [0.05, 0.1) is 18.5 Å². The molecule has 2 rings (SSSR count). The standard InChI is InChI=1S/C9H13N3O/c10-3-5-12-4-1-2-7-8(12)6-11-9(7)13/h7-8H,1-2,4-6H2,(H,11,13)/t7-,8-/m1/s1. The van der Waals surface area contributed by atoms with Crippen LogP contribution < -0.4 is 5.32 Å². The summed E-state index contributed by atoms with van der Waals surface area (Å²) in [7, 11) is 0. The molecule has 0 saturated carbocycles. The van der Waals surface area contributed by atoms with Gasteiger partial charge in [-0.05, 0) is 19.4 Å². The van der Waals surface area contributed by atoms with Gasteiger partial charge in [0.1, 0.15) is 0 Å². The molecule has 0 aliphatic carbocycles. The Labute approximate surface area is 77.5 Å². The van der Waals surface area contributed by atoms with E-state index in [1.54, 1.807) is 0 Å². The number of nitrogens with one attached hydrogen (secondary N) is 1. The molecule has 0 bridgehead atoms. The van der Waals surface area contributed by atoms with E-state index in [0.29, 0.717) is 6.54 Å². The van der Waals surface area contributed by atoms with Gasteiger partial charge in [0.15, 0.2) is 0 Å². The summed E-state index contributed by atoms with van der Waals surface area (Å²) >= 11 is 0.